The Bertz CT molecular complexity index is 402. The number of hydrogen-bond donors (Lipinski definition) is 1. The highest BCUT2D eigenvalue weighted by molar-refractivity contribution is 5.28. The van der Waals surface area contributed by atoms with Crippen LogP contribution in [-0.4, -0.2) is 44.8 Å². The molecule has 0 spiro atoms. The maximum absolute atomic E-state index is 5.44. The highest BCUT2D eigenvalue weighted by atomic mass is 16.5. The van der Waals surface area contributed by atoms with Crippen molar-refractivity contribution in [1.82, 2.24) is 10.2 Å². The first-order chi connectivity index (χ1) is 9.72. The molecule has 112 valence electrons. The Morgan fingerprint density at radius 2 is 2.00 bits per heavy atom. The van der Waals surface area contributed by atoms with Gasteiger partial charge in [0, 0.05) is 25.3 Å². The summed E-state index contributed by atoms with van der Waals surface area (Å²) in [7, 11) is 4.31. The number of benzene rings is 1. The van der Waals surface area contributed by atoms with E-state index in [1.165, 1.54) is 24.0 Å². The molecule has 3 heteroatoms. The molecule has 20 heavy (non-hydrogen) atoms. The molecule has 1 aromatic carbocycles. The molecule has 0 aliphatic carbocycles. The van der Waals surface area contributed by atoms with Crippen molar-refractivity contribution >= 4 is 0 Å². The Kier molecular flexibility index (Phi) is 6.02. The molecule has 1 unspecified atom stereocenters. The van der Waals surface area contributed by atoms with Crippen LogP contribution < -0.4 is 5.32 Å². The Balaban J connectivity index is 1.89. The van der Waals surface area contributed by atoms with Gasteiger partial charge in [-0.1, -0.05) is 24.3 Å². The van der Waals surface area contributed by atoms with Crippen LogP contribution in [0, 0.1) is 6.92 Å². The molecule has 1 fully saturated rings. The number of rotatable bonds is 6. The number of hydrogen-bond acceptors (Lipinski definition) is 3. The highest BCUT2D eigenvalue weighted by Crippen LogP contribution is 2.21. The third kappa shape index (κ3) is 4.05. The molecule has 1 aromatic rings. The summed E-state index contributed by atoms with van der Waals surface area (Å²) in [5, 5.41) is 3.47. The normalized spacial score (nSPS) is 18.4. The zero-order valence-corrected chi connectivity index (χ0v) is 13.1. The van der Waals surface area contributed by atoms with Gasteiger partial charge in [-0.2, -0.15) is 0 Å². The molecule has 1 saturated heterocycles. The summed E-state index contributed by atoms with van der Waals surface area (Å²) in [6.45, 7) is 5.16. The third-order valence-electron chi connectivity index (χ3n) is 4.50. The molecule has 2 rings (SSSR count). The van der Waals surface area contributed by atoms with E-state index in [-0.39, 0.29) is 0 Å². The SMILES string of the molecule is CNC(CCN(C)C1CCOCC1)c1ccccc1C. The van der Waals surface area contributed by atoms with Gasteiger partial charge in [0.1, 0.15) is 0 Å². The molecule has 0 aromatic heterocycles. The predicted octanol–water partition coefficient (Wildman–Crippen LogP) is 2.76. The molecule has 0 bridgehead atoms. The molecular formula is C17H28N2O. The van der Waals surface area contributed by atoms with Crippen molar-refractivity contribution < 1.29 is 4.74 Å². The van der Waals surface area contributed by atoms with Gasteiger partial charge in [0.05, 0.1) is 0 Å². The number of nitrogens with zero attached hydrogens (tertiary/aromatic N) is 1. The molecule has 0 amide bonds. The van der Waals surface area contributed by atoms with Crippen molar-refractivity contribution in [3.63, 3.8) is 0 Å². The molecule has 0 saturated carbocycles. The molecule has 1 heterocycles. The van der Waals surface area contributed by atoms with Crippen LogP contribution in [-0.2, 0) is 4.74 Å². The lowest BCUT2D eigenvalue weighted by Gasteiger charge is -2.32. The zero-order valence-electron chi connectivity index (χ0n) is 13.1. The Morgan fingerprint density at radius 1 is 1.30 bits per heavy atom. The van der Waals surface area contributed by atoms with Gasteiger partial charge in [0.2, 0.25) is 0 Å². The van der Waals surface area contributed by atoms with E-state index in [9.17, 15) is 0 Å². The zero-order chi connectivity index (χ0) is 14.4. The van der Waals surface area contributed by atoms with E-state index in [2.05, 4.69) is 55.5 Å². The molecule has 1 aliphatic heterocycles. The minimum atomic E-state index is 0.443. The van der Waals surface area contributed by atoms with Gasteiger partial charge in [0.15, 0.2) is 0 Å². The molecular weight excluding hydrogens is 248 g/mol. The highest BCUT2D eigenvalue weighted by Gasteiger charge is 2.19. The van der Waals surface area contributed by atoms with Crippen LogP contribution in [0.15, 0.2) is 24.3 Å². The number of aryl methyl sites for hydroxylation is 1. The van der Waals surface area contributed by atoms with Crippen molar-refractivity contribution in [3.05, 3.63) is 35.4 Å². The van der Waals surface area contributed by atoms with E-state index < -0.39 is 0 Å². The maximum atomic E-state index is 5.44. The number of ether oxygens (including phenoxy) is 1. The fourth-order valence-corrected chi connectivity index (χ4v) is 3.07. The van der Waals surface area contributed by atoms with Crippen LogP contribution in [0.5, 0.6) is 0 Å². The van der Waals surface area contributed by atoms with Crippen molar-refractivity contribution in [2.24, 2.45) is 0 Å². The van der Waals surface area contributed by atoms with Gasteiger partial charge >= 0.3 is 0 Å². The summed E-state index contributed by atoms with van der Waals surface area (Å²) in [4.78, 5) is 2.51. The minimum absolute atomic E-state index is 0.443. The first kappa shape index (κ1) is 15.5. The standard InChI is InChI=1S/C17H28N2O/c1-14-6-4-5-7-16(14)17(18-2)8-11-19(3)15-9-12-20-13-10-15/h4-7,15,17-18H,8-13H2,1-3H3. The van der Waals surface area contributed by atoms with Crippen LogP contribution in [0.3, 0.4) is 0 Å². The van der Waals surface area contributed by atoms with Gasteiger partial charge in [-0.05, 0) is 58.0 Å². The quantitative estimate of drug-likeness (QED) is 0.864. The Morgan fingerprint density at radius 3 is 2.65 bits per heavy atom. The summed E-state index contributed by atoms with van der Waals surface area (Å²) in [6, 6.07) is 9.82. The lowest BCUT2D eigenvalue weighted by Crippen LogP contribution is -2.38. The fraction of sp³-hybridized carbons (Fsp3) is 0.647. The summed E-state index contributed by atoms with van der Waals surface area (Å²) < 4.78 is 5.44. The second-order valence-corrected chi connectivity index (χ2v) is 5.81. The van der Waals surface area contributed by atoms with Crippen molar-refractivity contribution in [2.45, 2.75) is 38.3 Å². The summed E-state index contributed by atoms with van der Waals surface area (Å²) in [5.74, 6) is 0. The van der Waals surface area contributed by atoms with Gasteiger partial charge in [-0.15, -0.1) is 0 Å². The first-order valence-corrected chi connectivity index (χ1v) is 7.73. The van der Waals surface area contributed by atoms with Crippen LogP contribution in [0.2, 0.25) is 0 Å². The van der Waals surface area contributed by atoms with Crippen LogP contribution in [0.25, 0.3) is 0 Å². The maximum Gasteiger partial charge on any atom is 0.0480 e. The lowest BCUT2D eigenvalue weighted by molar-refractivity contribution is 0.0420. The monoisotopic (exact) mass is 276 g/mol. The molecule has 1 atom stereocenters. The van der Waals surface area contributed by atoms with E-state index in [1.807, 2.05) is 0 Å². The average Bonchev–Trinajstić information content (AvgIpc) is 2.50. The van der Waals surface area contributed by atoms with Crippen molar-refractivity contribution in [1.29, 1.82) is 0 Å². The second-order valence-electron chi connectivity index (χ2n) is 5.81. The first-order valence-electron chi connectivity index (χ1n) is 7.73. The third-order valence-corrected chi connectivity index (χ3v) is 4.50. The van der Waals surface area contributed by atoms with Gasteiger partial charge in [-0.3, -0.25) is 0 Å². The largest absolute Gasteiger partial charge is 0.381 e. The van der Waals surface area contributed by atoms with E-state index in [4.69, 9.17) is 4.74 Å². The van der Waals surface area contributed by atoms with Gasteiger partial charge in [-0.25, -0.2) is 0 Å². The van der Waals surface area contributed by atoms with Crippen LogP contribution in [0.1, 0.15) is 36.4 Å². The predicted molar refractivity (Wildman–Crippen MR) is 84.1 cm³/mol. The van der Waals surface area contributed by atoms with Crippen LogP contribution >= 0.6 is 0 Å². The minimum Gasteiger partial charge on any atom is -0.381 e. The Labute approximate surface area is 123 Å². The van der Waals surface area contributed by atoms with Crippen molar-refractivity contribution in [3.8, 4) is 0 Å². The smallest absolute Gasteiger partial charge is 0.0480 e. The molecule has 3 nitrogen and oxygen atoms in total. The fourth-order valence-electron chi connectivity index (χ4n) is 3.07. The van der Waals surface area contributed by atoms with Crippen molar-refractivity contribution in [2.75, 3.05) is 33.9 Å². The molecule has 1 aliphatic rings. The summed E-state index contributed by atoms with van der Waals surface area (Å²) in [5.41, 5.74) is 2.80. The van der Waals surface area contributed by atoms with Crippen LogP contribution in [0.4, 0.5) is 0 Å². The van der Waals surface area contributed by atoms with Gasteiger partial charge in [0.25, 0.3) is 0 Å². The summed E-state index contributed by atoms with van der Waals surface area (Å²) in [6.07, 6.45) is 3.49. The summed E-state index contributed by atoms with van der Waals surface area (Å²) >= 11 is 0. The molecule has 1 N–H and O–H groups in total. The Hall–Kier alpha value is -0.900. The van der Waals surface area contributed by atoms with Gasteiger partial charge < -0.3 is 15.0 Å². The second kappa shape index (κ2) is 7.77. The molecule has 0 radical (unpaired) electrons. The van der Waals surface area contributed by atoms with E-state index in [0.29, 0.717) is 12.1 Å². The van der Waals surface area contributed by atoms with E-state index >= 15 is 0 Å². The van der Waals surface area contributed by atoms with E-state index in [1.54, 1.807) is 0 Å². The topological polar surface area (TPSA) is 24.5 Å². The van der Waals surface area contributed by atoms with E-state index in [0.717, 1.165) is 26.2 Å². The number of nitrogens with one attached hydrogen (secondary N) is 1. The lowest BCUT2D eigenvalue weighted by atomic mass is 9.98. The average molecular weight is 276 g/mol.